The summed E-state index contributed by atoms with van der Waals surface area (Å²) in [6.45, 7) is 2.71. The van der Waals surface area contributed by atoms with Gasteiger partial charge in [-0.1, -0.05) is 0 Å². The Morgan fingerprint density at radius 3 is 3.17 bits per heavy atom. The molecule has 1 aliphatic heterocycles. The van der Waals surface area contributed by atoms with E-state index < -0.39 is 11.5 Å². The number of thiophene rings is 1. The first-order valence-corrected chi connectivity index (χ1v) is 6.80. The smallest absolute Gasteiger partial charge is 0.230 e. The van der Waals surface area contributed by atoms with Gasteiger partial charge < -0.3 is 20.9 Å². The Morgan fingerprint density at radius 2 is 2.61 bits per heavy atom. The van der Waals surface area contributed by atoms with Crippen molar-refractivity contribution in [2.24, 2.45) is 11.1 Å². The fourth-order valence-corrected chi connectivity index (χ4v) is 2.60. The fourth-order valence-electron chi connectivity index (χ4n) is 1.90. The normalized spacial score (nSPS) is 29.2. The number of aliphatic hydroxyl groups excluding tert-OH is 1. The van der Waals surface area contributed by atoms with Crippen LogP contribution in [0.3, 0.4) is 0 Å². The van der Waals surface area contributed by atoms with Gasteiger partial charge in [0.1, 0.15) is 0 Å². The van der Waals surface area contributed by atoms with Crippen LogP contribution in [0.1, 0.15) is 18.6 Å². The zero-order chi connectivity index (χ0) is 13.2. The molecule has 1 aromatic rings. The van der Waals surface area contributed by atoms with E-state index in [-0.39, 0.29) is 18.5 Å². The van der Waals surface area contributed by atoms with Crippen molar-refractivity contribution in [1.82, 2.24) is 5.32 Å². The Labute approximate surface area is 110 Å². The van der Waals surface area contributed by atoms with E-state index in [4.69, 9.17) is 10.5 Å². The van der Waals surface area contributed by atoms with Crippen molar-refractivity contribution < 1.29 is 14.6 Å². The summed E-state index contributed by atoms with van der Waals surface area (Å²) in [5.74, 6) is -0.165. The zero-order valence-electron chi connectivity index (χ0n) is 10.3. The Morgan fingerprint density at radius 1 is 1.83 bits per heavy atom. The van der Waals surface area contributed by atoms with Crippen LogP contribution < -0.4 is 11.1 Å². The van der Waals surface area contributed by atoms with Crippen molar-refractivity contribution in [1.29, 1.82) is 0 Å². The largest absolute Gasteiger partial charge is 0.387 e. The molecule has 100 valence electrons. The number of hydrogen-bond donors (Lipinski definition) is 3. The molecule has 0 radical (unpaired) electrons. The third-order valence-corrected chi connectivity index (χ3v) is 4.12. The van der Waals surface area contributed by atoms with E-state index in [0.29, 0.717) is 13.2 Å². The summed E-state index contributed by atoms with van der Waals surface area (Å²) in [4.78, 5) is 12.1. The standard InChI is InChI=1S/C12H18N2O3S/c1-12(7-17-5-10(12)13)11(16)14-4-9(15)8-2-3-18-6-8/h2-3,6,9-10,15H,4-5,7,13H2,1H3,(H,14,16). The zero-order valence-corrected chi connectivity index (χ0v) is 11.1. The summed E-state index contributed by atoms with van der Waals surface area (Å²) in [5.41, 5.74) is 5.99. The molecule has 6 heteroatoms. The van der Waals surface area contributed by atoms with Crippen LogP contribution in [0.15, 0.2) is 16.8 Å². The van der Waals surface area contributed by atoms with Crippen LogP contribution in [0.25, 0.3) is 0 Å². The maximum Gasteiger partial charge on any atom is 0.230 e. The molecule has 3 atom stereocenters. The van der Waals surface area contributed by atoms with Crippen molar-refractivity contribution in [2.75, 3.05) is 19.8 Å². The SMILES string of the molecule is CC1(C(=O)NCC(O)c2ccsc2)COCC1N. The van der Waals surface area contributed by atoms with Crippen molar-refractivity contribution in [3.05, 3.63) is 22.4 Å². The van der Waals surface area contributed by atoms with Gasteiger partial charge in [-0.25, -0.2) is 0 Å². The number of hydrogen-bond acceptors (Lipinski definition) is 5. The highest BCUT2D eigenvalue weighted by atomic mass is 32.1. The lowest BCUT2D eigenvalue weighted by molar-refractivity contribution is -0.131. The maximum atomic E-state index is 12.1. The molecule has 2 heterocycles. The number of aliphatic hydroxyl groups is 1. The van der Waals surface area contributed by atoms with Crippen molar-refractivity contribution in [3.8, 4) is 0 Å². The number of nitrogens with one attached hydrogen (secondary N) is 1. The van der Waals surface area contributed by atoms with Crippen LogP contribution in [0.2, 0.25) is 0 Å². The second kappa shape index (κ2) is 5.36. The predicted octanol–water partition coefficient (Wildman–Crippen LogP) is 0.262. The molecule has 1 saturated heterocycles. The lowest BCUT2D eigenvalue weighted by Crippen LogP contribution is -2.50. The van der Waals surface area contributed by atoms with E-state index in [2.05, 4.69) is 5.32 Å². The topological polar surface area (TPSA) is 84.6 Å². The van der Waals surface area contributed by atoms with Gasteiger partial charge >= 0.3 is 0 Å². The van der Waals surface area contributed by atoms with Crippen molar-refractivity contribution in [2.45, 2.75) is 19.1 Å². The Hall–Kier alpha value is -0.950. The number of carbonyl (C=O) groups is 1. The van der Waals surface area contributed by atoms with Crippen molar-refractivity contribution >= 4 is 17.2 Å². The summed E-state index contributed by atoms with van der Waals surface area (Å²) in [5, 5.41) is 16.4. The molecule has 5 nitrogen and oxygen atoms in total. The molecule has 0 bridgehead atoms. The molecule has 0 aliphatic carbocycles. The second-order valence-electron chi connectivity index (χ2n) is 4.82. The van der Waals surface area contributed by atoms with Gasteiger partial charge in [-0.15, -0.1) is 0 Å². The molecule has 1 amide bonds. The molecule has 2 rings (SSSR count). The van der Waals surface area contributed by atoms with E-state index in [9.17, 15) is 9.90 Å². The quantitative estimate of drug-likeness (QED) is 0.733. The summed E-state index contributed by atoms with van der Waals surface area (Å²) < 4.78 is 5.23. The van der Waals surface area contributed by atoms with Gasteiger partial charge in [0.2, 0.25) is 5.91 Å². The number of rotatable bonds is 4. The van der Waals surface area contributed by atoms with Crippen LogP contribution in [-0.2, 0) is 9.53 Å². The molecule has 1 aromatic heterocycles. The molecule has 18 heavy (non-hydrogen) atoms. The lowest BCUT2D eigenvalue weighted by atomic mass is 9.85. The minimum absolute atomic E-state index is 0.165. The highest BCUT2D eigenvalue weighted by Crippen LogP contribution is 2.27. The molecular weight excluding hydrogens is 252 g/mol. The molecule has 3 unspecified atom stereocenters. The van der Waals surface area contributed by atoms with Gasteiger partial charge in [0, 0.05) is 12.6 Å². The minimum Gasteiger partial charge on any atom is -0.387 e. The third-order valence-electron chi connectivity index (χ3n) is 3.42. The van der Waals surface area contributed by atoms with Crippen LogP contribution in [0.5, 0.6) is 0 Å². The van der Waals surface area contributed by atoms with Gasteiger partial charge in [0.05, 0.1) is 24.7 Å². The summed E-state index contributed by atoms with van der Waals surface area (Å²) in [7, 11) is 0. The van der Waals surface area contributed by atoms with Gasteiger partial charge in [0.25, 0.3) is 0 Å². The summed E-state index contributed by atoms with van der Waals surface area (Å²) in [6.07, 6.45) is -0.678. The average Bonchev–Trinajstić information content (AvgIpc) is 2.98. The Bertz CT molecular complexity index is 409. The fraction of sp³-hybridized carbons (Fsp3) is 0.583. The van der Waals surface area contributed by atoms with Gasteiger partial charge in [-0.05, 0) is 29.3 Å². The number of carbonyl (C=O) groups excluding carboxylic acids is 1. The first-order valence-electron chi connectivity index (χ1n) is 5.86. The maximum absolute atomic E-state index is 12.1. The summed E-state index contributed by atoms with van der Waals surface area (Å²) in [6, 6.07) is 1.55. The highest BCUT2D eigenvalue weighted by Gasteiger charge is 2.44. The van der Waals surface area contributed by atoms with Gasteiger partial charge in [0.15, 0.2) is 0 Å². The highest BCUT2D eigenvalue weighted by molar-refractivity contribution is 7.07. The van der Waals surface area contributed by atoms with Crippen LogP contribution in [0.4, 0.5) is 0 Å². The first-order chi connectivity index (χ1) is 8.54. The molecule has 4 N–H and O–H groups in total. The second-order valence-corrected chi connectivity index (χ2v) is 5.60. The van der Waals surface area contributed by atoms with Crippen LogP contribution in [-0.4, -0.2) is 36.8 Å². The van der Waals surface area contributed by atoms with E-state index in [1.165, 1.54) is 11.3 Å². The molecule has 1 aliphatic rings. The van der Waals surface area contributed by atoms with Gasteiger partial charge in [-0.3, -0.25) is 4.79 Å². The minimum atomic E-state index is -0.700. The molecule has 0 saturated carbocycles. The van der Waals surface area contributed by atoms with Crippen LogP contribution in [0, 0.1) is 5.41 Å². The first kappa shape index (κ1) is 13.5. The predicted molar refractivity (Wildman–Crippen MR) is 69.2 cm³/mol. The number of nitrogens with two attached hydrogens (primary N) is 1. The Kier molecular flexibility index (Phi) is 4.01. The monoisotopic (exact) mass is 270 g/mol. The summed E-state index contributed by atoms with van der Waals surface area (Å²) >= 11 is 1.51. The van der Waals surface area contributed by atoms with Crippen molar-refractivity contribution in [3.63, 3.8) is 0 Å². The average molecular weight is 270 g/mol. The molecular formula is C12H18N2O3S. The third kappa shape index (κ3) is 2.56. The molecule has 0 aromatic carbocycles. The number of amides is 1. The molecule has 1 fully saturated rings. The Balaban J connectivity index is 1.89. The lowest BCUT2D eigenvalue weighted by Gasteiger charge is -2.26. The van der Waals surface area contributed by atoms with E-state index in [1.807, 2.05) is 16.8 Å². The van der Waals surface area contributed by atoms with Gasteiger partial charge in [-0.2, -0.15) is 11.3 Å². The van der Waals surface area contributed by atoms with Crippen LogP contribution >= 0.6 is 11.3 Å². The number of ether oxygens (including phenoxy) is 1. The van der Waals surface area contributed by atoms with E-state index in [1.54, 1.807) is 6.92 Å². The van der Waals surface area contributed by atoms with E-state index >= 15 is 0 Å². The molecule has 0 spiro atoms. The van der Waals surface area contributed by atoms with E-state index in [0.717, 1.165) is 5.56 Å².